The van der Waals surface area contributed by atoms with E-state index in [4.69, 9.17) is 0 Å². The first-order valence-electron chi connectivity index (χ1n) is 11.4. The molecule has 6 nitrogen and oxygen atoms in total. The van der Waals surface area contributed by atoms with Crippen LogP contribution in [0.1, 0.15) is 30.4 Å². The maximum absolute atomic E-state index is 13.2. The van der Waals surface area contributed by atoms with E-state index in [2.05, 4.69) is 20.4 Å². The van der Waals surface area contributed by atoms with Crippen molar-refractivity contribution in [1.29, 1.82) is 0 Å². The fourth-order valence-electron chi connectivity index (χ4n) is 4.84. The van der Waals surface area contributed by atoms with Gasteiger partial charge in [-0.1, -0.05) is 24.3 Å². The minimum absolute atomic E-state index is 0.00900. The van der Waals surface area contributed by atoms with Crippen molar-refractivity contribution in [1.82, 2.24) is 20.4 Å². The van der Waals surface area contributed by atoms with Crippen molar-refractivity contribution in [2.75, 3.05) is 20.1 Å². The highest BCUT2D eigenvalue weighted by Gasteiger charge is 2.44. The van der Waals surface area contributed by atoms with E-state index in [1.54, 1.807) is 24.3 Å². The van der Waals surface area contributed by atoms with Crippen LogP contribution in [0.2, 0.25) is 0 Å². The van der Waals surface area contributed by atoms with E-state index in [9.17, 15) is 18.4 Å². The lowest BCUT2D eigenvalue weighted by Crippen LogP contribution is -2.49. The number of benzene rings is 2. The maximum atomic E-state index is 13.2. The van der Waals surface area contributed by atoms with Crippen molar-refractivity contribution < 1.29 is 18.4 Å². The van der Waals surface area contributed by atoms with Crippen LogP contribution in [-0.2, 0) is 22.7 Å². The van der Waals surface area contributed by atoms with Crippen LogP contribution in [0.5, 0.6) is 0 Å². The number of carbonyl (C=O) groups excluding carboxylic acids is 2. The predicted octanol–water partition coefficient (Wildman–Crippen LogP) is 2.43. The fraction of sp³-hybridized carbons (Fsp3) is 0.440. The molecule has 0 aliphatic carbocycles. The largest absolute Gasteiger partial charge is 0.353 e. The van der Waals surface area contributed by atoms with Gasteiger partial charge >= 0.3 is 0 Å². The van der Waals surface area contributed by atoms with Crippen LogP contribution in [0.15, 0.2) is 48.5 Å². The molecule has 2 aromatic rings. The summed E-state index contributed by atoms with van der Waals surface area (Å²) in [7, 11) is 2.03. The Morgan fingerprint density at radius 1 is 1.06 bits per heavy atom. The summed E-state index contributed by atoms with van der Waals surface area (Å²) in [5.74, 6) is -0.626. The fourth-order valence-corrected chi connectivity index (χ4v) is 4.84. The number of nitrogens with one attached hydrogen (secondary N) is 2. The Kier molecular flexibility index (Phi) is 7.35. The summed E-state index contributed by atoms with van der Waals surface area (Å²) in [5.41, 5.74) is 1.82. The van der Waals surface area contributed by atoms with Gasteiger partial charge in [0.05, 0.1) is 0 Å². The number of hydrogen-bond donors (Lipinski definition) is 2. The Balaban J connectivity index is 1.31. The molecule has 2 aliphatic heterocycles. The molecule has 176 valence electrons. The zero-order chi connectivity index (χ0) is 23.4. The number of carbonyl (C=O) groups is 2. The maximum Gasteiger partial charge on any atom is 0.239 e. The van der Waals surface area contributed by atoms with Gasteiger partial charge in [-0.3, -0.25) is 19.4 Å². The second-order valence-corrected chi connectivity index (χ2v) is 8.90. The lowest BCUT2D eigenvalue weighted by molar-refractivity contribution is -0.126. The molecule has 0 aromatic heterocycles. The third-order valence-electron chi connectivity index (χ3n) is 6.76. The second-order valence-electron chi connectivity index (χ2n) is 8.90. The molecule has 2 fully saturated rings. The topological polar surface area (TPSA) is 64.7 Å². The average molecular weight is 457 g/mol. The van der Waals surface area contributed by atoms with Crippen LogP contribution in [-0.4, -0.2) is 59.9 Å². The summed E-state index contributed by atoms with van der Waals surface area (Å²) >= 11 is 0. The van der Waals surface area contributed by atoms with E-state index in [0.717, 1.165) is 24.1 Å². The molecular formula is C25H30F2N4O2. The van der Waals surface area contributed by atoms with Crippen molar-refractivity contribution in [3.05, 3.63) is 71.3 Å². The monoisotopic (exact) mass is 456 g/mol. The van der Waals surface area contributed by atoms with Crippen molar-refractivity contribution in [2.24, 2.45) is 0 Å². The lowest BCUT2D eigenvalue weighted by atomic mass is 10.0. The summed E-state index contributed by atoms with van der Waals surface area (Å²) in [6.45, 7) is 2.24. The molecule has 2 aliphatic rings. The van der Waals surface area contributed by atoms with Crippen molar-refractivity contribution >= 4 is 11.8 Å². The Hall–Kier alpha value is -2.84. The van der Waals surface area contributed by atoms with Gasteiger partial charge in [0.2, 0.25) is 11.8 Å². The third-order valence-corrected chi connectivity index (χ3v) is 6.76. The number of amides is 2. The number of likely N-dealkylation sites (N-methyl/N-ethyl adjacent to an activating group) is 1. The smallest absolute Gasteiger partial charge is 0.239 e. The molecule has 0 spiro atoms. The predicted molar refractivity (Wildman–Crippen MR) is 121 cm³/mol. The van der Waals surface area contributed by atoms with Crippen LogP contribution in [0.25, 0.3) is 0 Å². The first-order chi connectivity index (χ1) is 15.9. The molecule has 33 heavy (non-hydrogen) atoms. The minimum atomic E-state index is -0.301. The zero-order valence-corrected chi connectivity index (χ0v) is 18.8. The molecule has 3 atom stereocenters. The van der Waals surface area contributed by atoms with E-state index in [-0.39, 0.29) is 41.6 Å². The van der Waals surface area contributed by atoms with Gasteiger partial charge in [0.25, 0.3) is 0 Å². The van der Waals surface area contributed by atoms with Crippen LogP contribution >= 0.6 is 0 Å². The molecule has 4 rings (SSSR count). The highest BCUT2D eigenvalue weighted by Crippen LogP contribution is 2.28. The summed E-state index contributed by atoms with van der Waals surface area (Å²) in [6.07, 6.45) is 1.85. The van der Waals surface area contributed by atoms with Gasteiger partial charge in [0, 0.05) is 44.7 Å². The Labute approximate surface area is 192 Å². The zero-order valence-electron chi connectivity index (χ0n) is 18.8. The van der Waals surface area contributed by atoms with Gasteiger partial charge in [-0.2, -0.15) is 0 Å². The normalized spacial score (nSPS) is 23.6. The SMILES string of the molecule is CN1[C@@H](CCC(=O)NCc2ccc(F)cc2)CNC(=O)[C@@H]2[C@@H]1CCN2Cc1ccc(F)cc1. The van der Waals surface area contributed by atoms with E-state index in [0.29, 0.717) is 32.5 Å². The van der Waals surface area contributed by atoms with Crippen LogP contribution < -0.4 is 10.6 Å². The minimum Gasteiger partial charge on any atom is -0.353 e. The van der Waals surface area contributed by atoms with E-state index in [1.165, 1.54) is 24.3 Å². The Morgan fingerprint density at radius 3 is 2.36 bits per heavy atom. The second kappa shape index (κ2) is 10.4. The summed E-state index contributed by atoms with van der Waals surface area (Å²) in [6, 6.07) is 12.3. The molecule has 2 aromatic carbocycles. The van der Waals surface area contributed by atoms with E-state index < -0.39 is 0 Å². The number of rotatable bonds is 7. The quantitative estimate of drug-likeness (QED) is 0.672. The molecule has 2 saturated heterocycles. The number of halogens is 2. The summed E-state index contributed by atoms with van der Waals surface area (Å²) < 4.78 is 26.2. The molecule has 8 heteroatoms. The van der Waals surface area contributed by atoms with Crippen molar-refractivity contribution in [3.63, 3.8) is 0 Å². The summed E-state index contributed by atoms with van der Waals surface area (Å²) in [5, 5.41) is 5.94. The molecule has 2 N–H and O–H groups in total. The van der Waals surface area contributed by atoms with Gasteiger partial charge < -0.3 is 10.6 Å². The van der Waals surface area contributed by atoms with Gasteiger partial charge in [0.1, 0.15) is 17.7 Å². The molecule has 0 unspecified atom stereocenters. The van der Waals surface area contributed by atoms with Crippen LogP contribution in [0.3, 0.4) is 0 Å². The molecule has 0 bridgehead atoms. The molecular weight excluding hydrogens is 426 g/mol. The van der Waals surface area contributed by atoms with Gasteiger partial charge in [0.15, 0.2) is 0 Å². The highest BCUT2D eigenvalue weighted by atomic mass is 19.1. The molecule has 0 radical (unpaired) electrons. The van der Waals surface area contributed by atoms with Crippen LogP contribution in [0, 0.1) is 11.6 Å². The van der Waals surface area contributed by atoms with E-state index >= 15 is 0 Å². The first kappa shape index (κ1) is 23.3. The van der Waals surface area contributed by atoms with Crippen molar-refractivity contribution in [3.8, 4) is 0 Å². The van der Waals surface area contributed by atoms with Crippen molar-refractivity contribution in [2.45, 2.75) is 50.5 Å². The first-order valence-corrected chi connectivity index (χ1v) is 11.4. The standard InChI is InChI=1S/C25H30F2N4O2/c1-30-21(10-11-23(32)28-14-17-2-6-19(26)7-3-17)15-29-25(33)24-22(30)12-13-31(24)16-18-4-8-20(27)9-5-18/h2-9,21-22,24H,10-16H2,1H3,(H,28,32)(H,29,33)/t21-,22-,24-/m0/s1. The number of fused-ring (bicyclic) bond motifs is 1. The Bertz CT molecular complexity index is 967. The number of likely N-dealkylation sites (tertiary alicyclic amines) is 1. The molecule has 2 amide bonds. The van der Waals surface area contributed by atoms with Gasteiger partial charge in [-0.05, 0) is 55.3 Å². The highest BCUT2D eigenvalue weighted by molar-refractivity contribution is 5.83. The lowest BCUT2D eigenvalue weighted by Gasteiger charge is -2.33. The van der Waals surface area contributed by atoms with Gasteiger partial charge in [-0.25, -0.2) is 8.78 Å². The Morgan fingerprint density at radius 2 is 1.70 bits per heavy atom. The summed E-state index contributed by atoms with van der Waals surface area (Å²) in [4.78, 5) is 29.7. The van der Waals surface area contributed by atoms with E-state index in [1.807, 2.05) is 7.05 Å². The average Bonchev–Trinajstić information content (AvgIpc) is 3.18. The number of hydrogen-bond acceptors (Lipinski definition) is 4. The van der Waals surface area contributed by atoms with Crippen LogP contribution in [0.4, 0.5) is 8.78 Å². The molecule has 0 saturated carbocycles. The molecule has 2 heterocycles. The van der Waals surface area contributed by atoms with Gasteiger partial charge in [-0.15, -0.1) is 0 Å². The third kappa shape index (κ3) is 5.75. The number of nitrogens with zero attached hydrogens (tertiary/aromatic N) is 2.